The second kappa shape index (κ2) is 11.3. The Morgan fingerprint density at radius 1 is 0.647 bits per heavy atom. The highest BCUT2D eigenvalue weighted by Crippen LogP contribution is 2.46. The summed E-state index contributed by atoms with van der Waals surface area (Å²) in [6.07, 6.45) is 0. The van der Waals surface area contributed by atoms with E-state index >= 15 is 0 Å². The molecule has 4 rings (SSSR count). The molecule has 0 heterocycles. The summed E-state index contributed by atoms with van der Waals surface area (Å²) in [7, 11) is 0. The maximum atomic E-state index is 11.9. The number of carbonyl (C=O) groups is 1. The molecule has 0 aliphatic carbocycles. The van der Waals surface area contributed by atoms with Crippen molar-refractivity contribution in [2.75, 3.05) is 0 Å². The summed E-state index contributed by atoms with van der Waals surface area (Å²) in [5.74, 6) is -0.562. The van der Waals surface area contributed by atoms with Crippen molar-refractivity contribution in [3.05, 3.63) is 124 Å². The first-order valence-corrected chi connectivity index (χ1v) is 11.1. The smallest absolute Gasteiger partial charge is 0.337 e. The molecule has 0 saturated carbocycles. The van der Waals surface area contributed by atoms with Gasteiger partial charge in [-0.1, -0.05) is 103 Å². The molecule has 1 N–H and O–H groups in total. The molecule has 0 radical (unpaired) electrons. The number of aromatic carboxylic acids is 1. The minimum Gasteiger partial charge on any atom is -0.485 e. The van der Waals surface area contributed by atoms with Gasteiger partial charge in [-0.15, -0.1) is 0 Å². The van der Waals surface area contributed by atoms with Crippen LogP contribution in [0.1, 0.15) is 27.0 Å². The quantitative estimate of drug-likeness (QED) is 0.274. The van der Waals surface area contributed by atoms with Gasteiger partial charge in [0, 0.05) is 6.07 Å². The normalized spacial score (nSPS) is 10.5. The molecule has 0 aliphatic heterocycles. The molecule has 6 heteroatoms. The van der Waals surface area contributed by atoms with Crippen LogP contribution >= 0.6 is 11.6 Å². The molecule has 0 bridgehead atoms. The Bertz CT molecular complexity index is 1230. The largest absolute Gasteiger partial charge is 0.485 e. The number of carboxylic acid groups (broad SMARTS) is 1. The molecule has 4 aromatic carbocycles. The van der Waals surface area contributed by atoms with Crippen molar-refractivity contribution >= 4 is 17.6 Å². The average Bonchev–Trinajstić information content (AvgIpc) is 2.87. The third-order valence-corrected chi connectivity index (χ3v) is 5.44. The third kappa shape index (κ3) is 5.88. The minimum absolute atomic E-state index is 0.0430. The molecule has 0 atom stereocenters. The molecular weight excluding hydrogens is 452 g/mol. The van der Waals surface area contributed by atoms with Crippen LogP contribution in [0.5, 0.6) is 17.2 Å². The number of halogens is 1. The maximum Gasteiger partial charge on any atom is 0.337 e. The maximum absolute atomic E-state index is 11.9. The lowest BCUT2D eigenvalue weighted by Crippen LogP contribution is -2.08. The first kappa shape index (κ1) is 23.2. The number of ether oxygens (including phenoxy) is 3. The van der Waals surface area contributed by atoms with E-state index in [0.717, 1.165) is 16.7 Å². The SMILES string of the molecule is O=C(O)c1cc(OCc2ccccc2)c(OCc2ccccc2)c(OCc2ccccc2)c1Cl. The fraction of sp³-hybridized carbons (Fsp3) is 0.107. The Labute approximate surface area is 203 Å². The van der Waals surface area contributed by atoms with E-state index in [0.29, 0.717) is 0 Å². The molecule has 172 valence electrons. The molecular formula is C28H23ClO5. The van der Waals surface area contributed by atoms with Gasteiger partial charge in [-0.25, -0.2) is 4.79 Å². The Hall–Kier alpha value is -3.96. The minimum atomic E-state index is -1.19. The van der Waals surface area contributed by atoms with Crippen molar-refractivity contribution in [2.24, 2.45) is 0 Å². The summed E-state index contributed by atoms with van der Waals surface area (Å²) in [6, 6.07) is 30.1. The van der Waals surface area contributed by atoms with Gasteiger partial charge in [0.15, 0.2) is 11.5 Å². The van der Waals surface area contributed by atoms with Crippen LogP contribution in [0.25, 0.3) is 0 Å². The van der Waals surface area contributed by atoms with E-state index in [1.807, 2.05) is 91.0 Å². The summed E-state index contributed by atoms with van der Waals surface area (Å²) < 4.78 is 18.2. The third-order valence-electron chi connectivity index (χ3n) is 5.06. The second-order valence-electron chi connectivity index (χ2n) is 7.52. The summed E-state index contributed by atoms with van der Waals surface area (Å²) >= 11 is 6.50. The van der Waals surface area contributed by atoms with E-state index in [1.165, 1.54) is 6.07 Å². The van der Waals surface area contributed by atoms with Crippen LogP contribution in [-0.2, 0) is 19.8 Å². The predicted molar refractivity (Wildman–Crippen MR) is 131 cm³/mol. The number of hydrogen-bond donors (Lipinski definition) is 1. The number of hydrogen-bond acceptors (Lipinski definition) is 4. The molecule has 0 aromatic heterocycles. The molecule has 0 saturated heterocycles. The standard InChI is InChI=1S/C28H23ClO5/c29-25-23(28(30)31)16-24(32-17-20-10-4-1-5-11-20)26(33-18-21-12-6-2-7-13-21)27(25)34-19-22-14-8-3-9-15-22/h1-16H,17-19H2,(H,30,31). The highest BCUT2D eigenvalue weighted by molar-refractivity contribution is 6.35. The van der Waals surface area contributed by atoms with Gasteiger partial charge in [-0.05, 0) is 16.7 Å². The lowest BCUT2D eigenvalue weighted by molar-refractivity contribution is 0.0695. The highest BCUT2D eigenvalue weighted by atomic mass is 35.5. The van der Waals surface area contributed by atoms with Gasteiger partial charge in [-0.3, -0.25) is 0 Å². The van der Waals surface area contributed by atoms with Crippen molar-refractivity contribution in [3.8, 4) is 17.2 Å². The summed E-state index contributed by atoms with van der Waals surface area (Å²) in [5, 5.41) is 9.70. The van der Waals surface area contributed by atoms with Gasteiger partial charge < -0.3 is 19.3 Å². The molecule has 0 spiro atoms. The van der Waals surface area contributed by atoms with E-state index in [2.05, 4.69) is 0 Å². The van der Waals surface area contributed by atoms with Crippen molar-refractivity contribution in [2.45, 2.75) is 19.8 Å². The van der Waals surface area contributed by atoms with Gasteiger partial charge in [0.2, 0.25) is 5.75 Å². The first-order valence-electron chi connectivity index (χ1n) is 10.7. The van der Waals surface area contributed by atoms with E-state index in [1.54, 1.807) is 0 Å². The molecule has 4 aromatic rings. The lowest BCUT2D eigenvalue weighted by Gasteiger charge is -2.20. The monoisotopic (exact) mass is 474 g/mol. The molecule has 0 fully saturated rings. The van der Waals surface area contributed by atoms with E-state index < -0.39 is 5.97 Å². The fourth-order valence-corrected chi connectivity index (χ4v) is 3.59. The zero-order valence-corrected chi connectivity index (χ0v) is 19.1. The molecule has 0 aliphatic rings. The zero-order chi connectivity index (χ0) is 23.8. The lowest BCUT2D eigenvalue weighted by atomic mass is 10.1. The van der Waals surface area contributed by atoms with Gasteiger partial charge >= 0.3 is 5.97 Å². The van der Waals surface area contributed by atoms with E-state index in [4.69, 9.17) is 25.8 Å². The fourth-order valence-electron chi connectivity index (χ4n) is 3.32. The zero-order valence-electron chi connectivity index (χ0n) is 18.3. The van der Waals surface area contributed by atoms with Crippen LogP contribution in [0.3, 0.4) is 0 Å². The summed E-state index contributed by atoms with van der Waals surface area (Å²) in [4.78, 5) is 11.9. The van der Waals surface area contributed by atoms with Crippen LogP contribution in [0.15, 0.2) is 97.1 Å². The Kier molecular flexibility index (Phi) is 7.68. The molecule has 0 unspecified atom stereocenters. The topological polar surface area (TPSA) is 65.0 Å². The van der Waals surface area contributed by atoms with Crippen LogP contribution in [0.2, 0.25) is 5.02 Å². The van der Waals surface area contributed by atoms with Crippen LogP contribution in [-0.4, -0.2) is 11.1 Å². The number of carboxylic acids is 1. The Morgan fingerprint density at radius 3 is 1.50 bits per heavy atom. The average molecular weight is 475 g/mol. The Balaban J connectivity index is 1.71. The van der Waals surface area contributed by atoms with Crippen molar-refractivity contribution in [1.82, 2.24) is 0 Å². The van der Waals surface area contributed by atoms with Crippen molar-refractivity contribution < 1.29 is 24.1 Å². The predicted octanol–water partition coefficient (Wildman–Crippen LogP) is 6.78. The first-order chi connectivity index (χ1) is 16.6. The van der Waals surface area contributed by atoms with Crippen LogP contribution in [0, 0.1) is 0 Å². The second-order valence-corrected chi connectivity index (χ2v) is 7.90. The van der Waals surface area contributed by atoms with Gasteiger partial charge in [0.1, 0.15) is 24.8 Å². The van der Waals surface area contributed by atoms with Gasteiger partial charge in [0.05, 0.1) is 5.56 Å². The van der Waals surface area contributed by atoms with E-state index in [-0.39, 0.29) is 47.7 Å². The Morgan fingerprint density at radius 2 is 1.06 bits per heavy atom. The highest BCUT2D eigenvalue weighted by Gasteiger charge is 2.25. The van der Waals surface area contributed by atoms with E-state index in [9.17, 15) is 9.90 Å². The van der Waals surface area contributed by atoms with Crippen molar-refractivity contribution in [3.63, 3.8) is 0 Å². The van der Waals surface area contributed by atoms with Crippen LogP contribution in [0.4, 0.5) is 0 Å². The van der Waals surface area contributed by atoms with Crippen LogP contribution < -0.4 is 14.2 Å². The molecule has 0 amide bonds. The van der Waals surface area contributed by atoms with Gasteiger partial charge in [0.25, 0.3) is 0 Å². The molecule has 5 nitrogen and oxygen atoms in total. The molecule has 34 heavy (non-hydrogen) atoms. The van der Waals surface area contributed by atoms with Gasteiger partial charge in [-0.2, -0.15) is 0 Å². The summed E-state index contributed by atoms with van der Waals surface area (Å²) in [5.41, 5.74) is 2.64. The number of benzene rings is 4. The summed E-state index contributed by atoms with van der Waals surface area (Å²) in [6.45, 7) is 0.637. The van der Waals surface area contributed by atoms with Crippen molar-refractivity contribution in [1.29, 1.82) is 0 Å². The number of rotatable bonds is 10.